The van der Waals surface area contributed by atoms with Gasteiger partial charge in [0.25, 0.3) is 0 Å². The molecule has 0 radical (unpaired) electrons. The Bertz CT molecular complexity index is 630. The van der Waals surface area contributed by atoms with Gasteiger partial charge in [0, 0.05) is 25.0 Å². The molecular weight excluding hydrogens is 278 g/mol. The van der Waals surface area contributed by atoms with Crippen LogP contribution in [0.3, 0.4) is 0 Å². The molecule has 0 aliphatic heterocycles. The van der Waals surface area contributed by atoms with Gasteiger partial charge in [0.1, 0.15) is 5.75 Å². The molecule has 5 nitrogen and oxygen atoms in total. The van der Waals surface area contributed by atoms with Crippen LogP contribution in [-0.4, -0.2) is 29.1 Å². The van der Waals surface area contributed by atoms with Gasteiger partial charge >= 0.3 is 0 Å². The van der Waals surface area contributed by atoms with Crippen molar-refractivity contribution in [3.8, 4) is 5.75 Å². The Balaban J connectivity index is 1.63. The van der Waals surface area contributed by atoms with Gasteiger partial charge < -0.3 is 14.6 Å². The predicted octanol–water partition coefficient (Wildman–Crippen LogP) is 2.30. The Labute approximate surface area is 130 Å². The van der Waals surface area contributed by atoms with Crippen molar-refractivity contribution in [2.24, 2.45) is 0 Å². The molecule has 2 aromatic rings. The van der Waals surface area contributed by atoms with Crippen molar-refractivity contribution in [3.05, 3.63) is 48.5 Å². The van der Waals surface area contributed by atoms with E-state index in [2.05, 4.69) is 17.2 Å². The molecule has 1 aliphatic rings. The first kappa shape index (κ1) is 14.6. The van der Waals surface area contributed by atoms with E-state index < -0.39 is 0 Å². The first-order valence-electron chi connectivity index (χ1n) is 7.56. The lowest BCUT2D eigenvalue weighted by Crippen LogP contribution is -2.37. The van der Waals surface area contributed by atoms with Crippen LogP contribution in [0.5, 0.6) is 5.75 Å². The molecule has 1 unspecified atom stereocenters. The van der Waals surface area contributed by atoms with Crippen LogP contribution in [0.1, 0.15) is 31.4 Å². The molecule has 1 fully saturated rings. The summed E-state index contributed by atoms with van der Waals surface area (Å²) in [7, 11) is 1.64. The zero-order valence-electron chi connectivity index (χ0n) is 13.0. The summed E-state index contributed by atoms with van der Waals surface area (Å²) in [5.74, 6) is 0.929. The third-order valence-electron chi connectivity index (χ3n) is 4.42. The van der Waals surface area contributed by atoms with Crippen molar-refractivity contribution in [2.75, 3.05) is 13.7 Å². The lowest BCUT2D eigenvalue weighted by Gasteiger charge is -2.19. The maximum atomic E-state index is 12.6. The van der Waals surface area contributed by atoms with Crippen LogP contribution in [-0.2, 0) is 10.2 Å². The Kier molecular flexibility index (Phi) is 3.88. The molecule has 3 rings (SSSR count). The third kappa shape index (κ3) is 2.71. The zero-order chi connectivity index (χ0) is 15.6. The summed E-state index contributed by atoms with van der Waals surface area (Å²) in [5, 5.41) is 3.08. The van der Waals surface area contributed by atoms with Gasteiger partial charge in [-0.1, -0.05) is 12.1 Å². The van der Waals surface area contributed by atoms with Crippen LogP contribution in [0, 0.1) is 0 Å². The fourth-order valence-corrected chi connectivity index (χ4v) is 2.73. The van der Waals surface area contributed by atoms with Gasteiger partial charge in [0.15, 0.2) is 0 Å². The topological polar surface area (TPSA) is 56.1 Å². The normalized spacial score (nSPS) is 16.8. The highest BCUT2D eigenvalue weighted by molar-refractivity contribution is 5.91. The van der Waals surface area contributed by atoms with Crippen molar-refractivity contribution < 1.29 is 9.53 Å². The van der Waals surface area contributed by atoms with Gasteiger partial charge in [-0.3, -0.25) is 4.79 Å². The average molecular weight is 299 g/mol. The molecule has 22 heavy (non-hydrogen) atoms. The standard InChI is InChI=1S/C17H21N3O2/c1-13(20-10-9-18-12-20)11-19-16(21)17(7-8-17)14-3-5-15(22-2)6-4-14/h3-6,9-10,12-13H,7-8,11H2,1-2H3,(H,19,21). The van der Waals surface area contributed by atoms with Crippen LogP contribution in [0.2, 0.25) is 0 Å². The van der Waals surface area contributed by atoms with Crippen molar-refractivity contribution in [2.45, 2.75) is 31.2 Å². The van der Waals surface area contributed by atoms with Gasteiger partial charge in [0.05, 0.1) is 18.9 Å². The molecule has 1 atom stereocenters. The predicted molar refractivity (Wildman–Crippen MR) is 83.9 cm³/mol. The first-order valence-corrected chi connectivity index (χ1v) is 7.56. The number of aromatic nitrogens is 2. The monoisotopic (exact) mass is 299 g/mol. The largest absolute Gasteiger partial charge is 0.497 e. The van der Waals surface area contributed by atoms with E-state index in [0.717, 1.165) is 24.2 Å². The molecule has 0 spiro atoms. The SMILES string of the molecule is COc1ccc(C2(C(=O)NCC(C)n3ccnc3)CC2)cc1. The van der Waals surface area contributed by atoms with E-state index in [0.29, 0.717) is 6.54 Å². The summed E-state index contributed by atoms with van der Waals surface area (Å²) in [5.41, 5.74) is 0.724. The molecule has 1 aliphatic carbocycles. The van der Waals surface area contributed by atoms with Crippen molar-refractivity contribution in [1.82, 2.24) is 14.9 Å². The maximum absolute atomic E-state index is 12.6. The minimum Gasteiger partial charge on any atom is -0.497 e. The lowest BCUT2D eigenvalue weighted by atomic mass is 9.95. The van der Waals surface area contributed by atoms with E-state index >= 15 is 0 Å². The molecule has 5 heteroatoms. The number of nitrogens with one attached hydrogen (secondary N) is 1. The number of carbonyl (C=O) groups is 1. The lowest BCUT2D eigenvalue weighted by molar-refractivity contribution is -0.123. The highest BCUT2D eigenvalue weighted by atomic mass is 16.5. The smallest absolute Gasteiger partial charge is 0.230 e. The summed E-state index contributed by atoms with van der Waals surface area (Å²) in [6.45, 7) is 2.67. The molecule has 1 saturated carbocycles. The Morgan fingerprint density at radius 3 is 2.68 bits per heavy atom. The van der Waals surface area contributed by atoms with Crippen LogP contribution >= 0.6 is 0 Å². The third-order valence-corrected chi connectivity index (χ3v) is 4.42. The number of hydrogen-bond donors (Lipinski definition) is 1. The minimum absolute atomic E-state index is 0.115. The number of hydrogen-bond acceptors (Lipinski definition) is 3. The molecule has 116 valence electrons. The summed E-state index contributed by atoms with van der Waals surface area (Å²) in [6, 6.07) is 8.00. The van der Waals surface area contributed by atoms with Gasteiger partial charge in [-0.05, 0) is 37.5 Å². The Morgan fingerprint density at radius 2 is 2.14 bits per heavy atom. The second kappa shape index (κ2) is 5.83. The number of rotatable bonds is 6. The van der Waals surface area contributed by atoms with Crippen molar-refractivity contribution in [1.29, 1.82) is 0 Å². The van der Waals surface area contributed by atoms with Gasteiger partial charge in [-0.15, -0.1) is 0 Å². The van der Waals surface area contributed by atoms with Crippen molar-refractivity contribution >= 4 is 5.91 Å². The van der Waals surface area contributed by atoms with E-state index in [1.807, 2.05) is 35.0 Å². The number of ether oxygens (including phenoxy) is 1. The number of imidazole rings is 1. The Hall–Kier alpha value is -2.30. The van der Waals surface area contributed by atoms with E-state index in [1.54, 1.807) is 19.6 Å². The molecule has 0 saturated heterocycles. The van der Waals surface area contributed by atoms with Crippen LogP contribution in [0.4, 0.5) is 0 Å². The van der Waals surface area contributed by atoms with Crippen LogP contribution in [0.25, 0.3) is 0 Å². The quantitative estimate of drug-likeness (QED) is 0.890. The fourth-order valence-electron chi connectivity index (χ4n) is 2.73. The number of carbonyl (C=O) groups excluding carboxylic acids is 1. The molecule has 1 aromatic heterocycles. The molecule has 1 heterocycles. The minimum atomic E-state index is -0.346. The van der Waals surface area contributed by atoms with E-state index in [-0.39, 0.29) is 17.4 Å². The fraction of sp³-hybridized carbons (Fsp3) is 0.412. The summed E-state index contributed by atoms with van der Waals surface area (Å²) in [6.07, 6.45) is 7.24. The molecule has 1 N–H and O–H groups in total. The van der Waals surface area contributed by atoms with Crippen LogP contribution in [0.15, 0.2) is 43.0 Å². The van der Waals surface area contributed by atoms with E-state index in [9.17, 15) is 4.79 Å². The zero-order valence-corrected chi connectivity index (χ0v) is 13.0. The highest BCUT2D eigenvalue weighted by Gasteiger charge is 2.51. The number of benzene rings is 1. The van der Waals surface area contributed by atoms with E-state index in [1.165, 1.54) is 0 Å². The Morgan fingerprint density at radius 1 is 1.41 bits per heavy atom. The first-order chi connectivity index (χ1) is 10.7. The van der Waals surface area contributed by atoms with Gasteiger partial charge in [-0.2, -0.15) is 0 Å². The second-order valence-electron chi connectivity index (χ2n) is 5.88. The number of nitrogens with zero attached hydrogens (tertiary/aromatic N) is 2. The summed E-state index contributed by atoms with van der Waals surface area (Å²) < 4.78 is 7.17. The summed E-state index contributed by atoms with van der Waals surface area (Å²) >= 11 is 0. The number of methoxy groups -OCH3 is 1. The summed E-state index contributed by atoms with van der Waals surface area (Å²) in [4.78, 5) is 16.6. The highest BCUT2D eigenvalue weighted by Crippen LogP contribution is 2.48. The van der Waals surface area contributed by atoms with Gasteiger partial charge in [0.2, 0.25) is 5.91 Å². The van der Waals surface area contributed by atoms with Crippen molar-refractivity contribution in [3.63, 3.8) is 0 Å². The molecular formula is C17H21N3O2. The maximum Gasteiger partial charge on any atom is 0.230 e. The molecule has 0 bridgehead atoms. The molecule has 1 aromatic carbocycles. The van der Waals surface area contributed by atoms with Crippen LogP contribution < -0.4 is 10.1 Å². The van der Waals surface area contributed by atoms with E-state index in [4.69, 9.17) is 4.74 Å². The van der Waals surface area contributed by atoms with Gasteiger partial charge in [-0.25, -0.2) is 4.98 Å². The second-order valence-corrected chi connectivity index (χ2v) is 5.88. The molecule has 1 amide bonds. The number of amides is 1. The average Bonchev–Trinajstić information content (AvgIpc) is 3.19.